The van der Waals surface area contributed by atoms with Crippen LogP contribution in [0.1, 0.15) is 50.9 Å². The Morgan fingerprint density at radius 3 is 2.04 bits per heavy atom. The Morgan fingerprint density at radius 1 is 1.07 bits per heavy atom. The van der Waals surface area contributed by atoms with E-state index < -0.39 is 23.7 Å². The Bertz CT molecular complexity index is 752. The third kappa shape index (κ3) is 5.78. The highest BCUT2D eigenvalue weighted by Crippen LogP contribution is 2.33. The zero-order valence-electron chi connectivity index (χ0n) is 17.2. The lowest BCUT2D eigenvalue weighted by atomic mass is 9.95. The highest BCUT2D eigenvalue weighted by atomic mass is 16.6. The smallest absolute Gasteiger partial charge is 0.337 e. The van der Waals surface area contributed by atoms with E-state index in [1.807, 2.05) is 60.7 Å². The molecule has 2 aromatic rings. The van der Waals surface area contributed by atoms with Gasteiger partial charge in [-0.25, -0.2) is 4.79 Å². The first-order valence-corrected chi connectivity index (χ1v) is 9.62. The first-order valence-electron chi connectivity index (χ1n) is 9.62. The molecular weight excluding hydrogens is 350 g/mol. The molecule has 4 nitrogen and oxygen atoms in total. The summed E-state index contributed by atoms with van der Waals surface area (Å²) >= 11 is 0. The molecule has 28 heavy (non-hydrogen) atoms. The molecule has 0 aliphatic carbocycles. The zero-order chi connectivity index (χ0) is 20.7. The third-order valence-electron chi connectivity index (χ3n) is 4.57. The van der Waals surface area contributed by atoms with Gasteiger partial charge in [0.2, 0.25) is 0 Å². The van der Waals surface area contributed by atoms with Crippen LogP contribution in [0, 0.1) is 0 Å². The average molecular weight is 382 g/mol. The SMILES string of the molecule is C=CCN(C(C)c1ccccc1)C(c1ccccc1)C(O)C(=O)OC(C)(C)C. The predicted molar refractivity (Wildman–Crippen MR) is 113 cm³/mol. The summed E-state index contributed by atoms with van der Waals surface area (Å²) in [6.45, 7) is 11.8. The summed E-state index contributed by atoms with van der Waals surface area (Å²) in [6.07, 6.45) is 0.463. The number of nitrogens with zero attached hydrogens (tertiary/aromatic N) is 1. The van der Waals surface area contributed by atoms with Crippen molar-refractivity contribution in [2.24, 2.45) is 0 Å². The minimum atomic E-state index is -1.33. The van der Waals surface area contributed by atoms with Crippen molar-refractivity contribution < 1.29 is 14.6 Å². The maximum atomic E-state index is 12.7. The van der Waals surface area contributed by atoms with Crippen LogP contribution in [0.5, 0.6) is 0 Å². The number of aliphatic hydroxyl groups is 1. The lowest BCUT2D eigenvalue weighted by Crippen LogP contribution is -2.44. The van der Waals surface area contributed by atoms with Gasteiger partial charge in [0.15, 0.2) is 6.10 Å². The van der Waals surface area contributed by atoms with Crippen molar-refractivity contribution in [3.05, 3.63) is 84.4 Å². The lowest BCUT2D eigenvalue weighted by molar-refractivity contribution is -0.169. The largest absolute Gasteiger partial charge is 0.458 e. The van der Waals surface area contributed by atoms with Crippen molar-refractivity contribution in [2.75, 3.05) is 6.54 Å². The monoisotopic (exact) mass is 381 g/mol. The molecule has 0 heterocycles. The Kier molecular flexibility index (Phi) is 7.55. The van der Waals surface area contributed by atoms with Crippen LogP contribution in [0.3, 0.4) is 0 Å². The molecule has 0 amide bonds. The number of benzene rings is 2. The first-order chi connectivity index (χ1) is 13.2. The van der Waals surface area contributed by atoms with Gasteiger partial charge in [0.1, 0.15) is 5.60 Å². The minimum absolute atomic E-state index is 0.0403. The summed E-state index contributed by atoms with van der Waals surface area (Å²) in [7, 11) is 0. The fraction of sp³-hybridized carbons (Fsp3) is 0.375. The van der Waals surface area contributed by atoms with Crippen LogP contribution >= 0.6 is 0 Å². The van der Waals surface area contributed by atoms with Gasteiger partial charge in [0.25, 0.3) is 0 Å². The second-order valence-corrected chi connectivity index (χ2v) is 7.91. The quantitative estimate of drug-likeness (QED) is 0.533. The summed E-state index contributed by atoms with van der Waals surface area (Å²) in [6, 6.07) is 19.0. The van der Waals surface area contributed by atoms with Crippen LogP contribution in [-0.4, -0.2) is 34.2 Å². The van der Waals surface area contributed by atoms with E-state index in [-0.39, 0.29) is 6.04 Å². The van der Waals surface area contributed by atoms with E-state index in [9.17, 15) is 9.90 Å². The summed E-state index contributed by atoms with van der Waals surface area (Å²) < 4.78 is 5.47. The van der Waals surface area contributed by atoms with Gasteiger partial charge in [-0.3, -0.25) is 4.90 Å². The van der Waals surface area contributed by atoms with Crippen LogP contribution in [0.25, 0.3) is 0 Å². The van der Waals surface area contributed by atoms with E-state index >= 15 is 0 Å². The van der Waals surface area contributed by atoms with Crippen LogP contribution in [-0.2, 0) is 9.53 Å². The van der Waals surface area contributed by atoms with Gasteiger partial charge in [0, 0.05) is 12.6 Å². The van der Waals surface area contributed by atoms with E-state index in [2.05, 4.69) is 18.4 Å². The molecule has 0 saturated heterocycles. The van der Waals surface area contributed by atoms with Crippen molar-refractivity contribution in [3.63, 3.8) is 0 Å². The van der Waals surface area contributed by atoms with Gasteiger partial charge >= 0.3 is 5.97 Å². The number of aliphatic hydroxyl groups excluding tert-OH is 1. The van der Waals surface area contributed by atoms with Crippen molar-refractivity contribution in [1.82, 2.24) is 4.90 Å². The molecule has 2 rings (SSSR count). The maximum absolute atomic E-state index is 12.7. The second kappa shape index (κ2) is 9.67. The van der Waals surface area contributed by atoms with Crippen molar-refractivity contribution in [3.8, 4) is 0 Å². The average Bonchev–Trinajstić information content (AvgIpc) is 2.67. The van der Waals surface area contributed by atoms with Crippen LogP contribution in [0.4, 0.5) is 0 Å². The molecular formula is C24H31NO3. The minimum Gasteiger partial charge on any atom is -0.458 e. The maximum Gasteiger partial charge on any atom is 0.337 e. The highest BCUT2D eigenvalue weighted by molar-refractivity contribution is 5.76. The van der Waals surface area contributed by atoms with Gasteiger partial charge in [0.05, 0.1) is 6.04 Å². The molecule has 0 aromatic heterocycles. The Morgan fingerprint density at radius 2 is 1.57 bits per heavy atom. The predicted octanol–water partition coefficient (Wildman–Crippen LogP) is 4.68. The molecule has 0 aliphatic rings. The van der Waals surface area contributed by atoms with E-state index in [4.69, 9.17) is 4.74 Å². The molecule has 150 valence electrons. The van der Waals surface area contributed by atoms with Crippen LogP contribution in [0.2, 0.25) is 0 Å². The van der Waals surface area contributed by atoms with Crippen molar-refractivity contribution in [1.29, 1.82) is 0 Å². The van der Waals surface area contributed by atoms with Gasteiger partial charge in [-0.05, 0) is 38.8 Å². The molecule has 2 aromatic carbocycles. The third-order valence-corrected chi connectivity index (χ3v) is 4.57. The number of hydrogen-bond donors (Lipinski definition) is 1. The summed E-state index contributed by atoms with van der Waals surface area (Å²) in [4.78, 5) is 14.8. The molecule has 3 atom stereocenters. The molecule has 0 aliphatic heterocycles. The molecule has 0 fully saturated rings. The number of ether oxygens (including phenoxy) is 1. The summed E-state index contributed by atoms with van der Waals surface area (Å²) in [5.74, 6) is -0.629. The van der Waals surface area contributed by atoms with E-state index in [0.29, 0.717) is 6.54 Å². The zero-order valence-corrected chi connectivity index (χ0v) is 17.2. The van der Waals surface area contributed by atoms with Gasteiger partial charge < -0.3 is 9.84 Å². The second-order valence-electron chi connectivity index (χ2n) is 7.91. The highest BCUT2D eigenvalue weighted by Gasteiger charge is 2.37. The Labute approximate surface area is 168 Å². The number of hydrogen-bond acceptors (Lipinski definition) is 4. The van der Waals surface area contributed by atoms with Crippen LogP contribution < -0.4 is 0 Å². The number of esters is 1. The lowest BCUT2D eigenvalue weighted by Gasteiger charge is -2.38. The molecule has 1 N–H and O–H groups in total. The Hall–Kier alpha value is -2.43. The van der Waals surface area contributed by atoms with Gasteiger partial charge in [-0.15, -0.1) is 6.58 Å². The number of rotatable bonds is 8. The number of carbonyl (C=O) groups is 1. The van der Waals surface area contributed by atoms with E-state index in [1.54, 1.807) is 26.8 Å². The molecule has 0 spiro atoms. The van der Waals surface area contributed by atoms with E-state index in [1.165, 1.54) is 0 Å². The van der Waals surface area contributed by atoms with Gasteiger partial charge in [-0.2, -0.15) is 0 Å². The first kappa shape index (κ1) is 21.9. The fourth-order valence-corrected chi connectivity index (χ4v) is 3.28. The normalized spacial score (nSPS) is 14.9. The summed E-state index contributed by atoms with van der Waals surface area (Å²) in [5, 5.41) is 11.0. The standard InChI is InChI=1S/C24H31NO3/c1-6-17-25(18(2)19-13-9-7-10-14-19)21(20-15-11-8-12-16-20)22(26)23(27)28-24(3,4)5/h6-16,18,21-22,26H,1,17H2,2-5H3. The van der Waals surface area contributed by atoms with E-state index in [0.717, 1.165) is 11.1 Å². The molecule has 4 heteroatoms. The molecule has 3 unspecified atom stereocenters. The van der Waals surface area contributed by atoms with Crippen LogP contribution in [0.15, 0.2) is 73.3 Å². The topological polar surface area (TPSA) is 49.8 Å². The number of carbonyl (C=O) groups excluding carboxylic acids is 1. The molecule has 0 bridgehead atoms. The van der Waals surface area contributed by atoms with Crippen molar-refractivity contribution >= 4 is 5.97 Å². The fourth-order valence-electron chi connectivity index (χ4n) is 3.28. The molecule has 0 saturated carbocycles. The van der Waals surface area contributed by atoms with Crippen molar-refractivity contribution in [2.45, 2.75) is 51.5 Å². The molecule has 0 radical (unpaired) electrons. The summed E-state index contributed by atoms with van der Waals surface area (Å²) in [5.41, 5.74) is 1.28. The Balaban J connectivity index is 2.45. The van der Waals surface area contributed by atoms with Gasteiger partial charge in [-0.1, -0.05) is 66.7 Å².